The Morgan fingerprint density at radius 3 is 2.67 bits per heavy atom. The zero-order chi connectivity index (χ0) is 9.40. The van der Waals surface area contributed by atoms with Gasteiger partial charge in [-0.05, 0) is 0 Å². The van der Waals surface area contributed by atoms with Crippen molar-refractivity contribution in [1.82, 2.24) is 5.32 Å². The van der Waals surface area contributed by atoms with Crippen molar-refractivity contribution in [2.45, 2.75) is 3.74 Å². The fourth-order valence-electron chi connectivity index (χ4n) is 0.514. The number of rotatable bonds is 6. The zero-order valence-corrected chi connectivity index (χ0v) is 9.73. The molecule has 0 saturated heterocycles. The highest BCUT2D eigenvalue weighted by molar-refractivity contribution is 9.25. The van der Waals surface area contributed by atoms with Crippen LogP contribution in [0.2, 0.25) is 0 Å². The quantitative estimate of drug-likeness (QED) is 0.418. The van der Waals surface area contributed by atoms with E-state index in [0.717, 1.165) is 6.54 Å². The molecule has 0 heterocycles. The largest absolute Gasteiger partial charge is 0.463 e. The third-order valence-corrected chi connectivity index (χ3v) is 1.77. The van der Waals surface area contributed by atoms with Gasteiger partial charge < -0.3 is 15.8 Å². The van der Waals surface area contributed by atoms with Crippen LogP contribution in [0.5, 0.6) is 0 Å². The molecule has 0 fully saturated rings. The molecule has 0 unspecified atom stereocenters. The normalized spacial score (nSPS) is 10.3. The minimum Gasteiger partial charge on any atom is -0.463 e. The Balaban J connectivity index is 3.14. The van der Waals surface area contributed by atoms with Crippen molar-refractivity contribution in [3.8, 4) is 0 Å². The molecule has 4 nitrogen and oxygen atoms in total. The molecule has 12 heavy (non-hydrogen) atoms. The summed E-state index contributed by atoms with van der Waals surface area (Å²) in [6.07, 6.45) is 0. The molecule has 0 aliphatic carbocycles. The average Bonchev–Trinajstić information content (AvgIpc) is 2.03. The minimum atomic E-state index is -0.417. The molecule has 0 aromatic heterocycles. The molecule has 0 aromatic rings. The van der Waals surface area contributed by atoms with Crippen LogP contribution in [-0.4, -0.2) is 35.9 Å². The molecule has 0 rings (SSSR count). The Bertz CT molecular complexity index is 133. The number of alkyl halides is 2. The van der Waals surface area contributed by atoms with Gasteiger partial charge in [-0.3, -0.25) is 0 Å². The minimum absolute atomic E-state index is 0.315. The van der Waals surface area contributed by atoms with Gasteiger partial charge in [0.05, 0.1) is 0 Å². The van der Waals surface area contributed by atoms with Gasteiger partial charge in [0.25, 0.3) is 0 Å². The Kier molecular flexibility index (Phi) is 8.20. The molecule has 6 heteroatoms. The second kappa shape index (κ2) is 7.97. The highest BCUT2D eigenvalue weighted by Gasteiger charge is 2.10. The predicted octanol–water partition coefficient (Wildman–Crippen LogP) is 0.194. The van der Waals surface area contributed by atoms with Gasteiger partial charge in [0, 0.05) is 19.6 Å². The van der Waals surface area contributed by atoms with E-state index in [4.69, 9.17) is 10.5 Å². The maximum atomic E-state index is 10.8. The topological polar surface area (TPSA) is 64.3 Å². The van der Waals surface area contributed by atoms with Crippen molar-refractivity contribution in [3.05, 3.63) is 0 Å². The van der Waals surface area contributed by atoms with Crippen LogP contribution in [0, 0.1) is 0 Å². The lowest BCUT2D eigenvalue weighted by molar-refractivity contribution is -0.140. The Morgan fingerprint density at radius 1 is 1.50 bits per heavy atom. The number of carbonyl (C=O) groups is 1. The van der Waals surface area contributed by atoms with Crippen LogP contribution in [0.3, 0.4) is 0 Å². The summed E-state index contributed by atoms with van der Waals surface area (Å²) in [4.78, 5) is 10.8. The SMILES string of the molecule is NCCNCCOC(=O)C(Br)Br. The number of nitrogens with one attached hydrogen (secondary N) is 1. The van der Waals surface area contributed by atoms with Crippen LogP contribution in [-0.2, 0) is 9.53 Å². The molecule has 0 bridgehead atoms. The van der Waals surface area contributed by atoms with E-state index in [2.05, 4.69) is 37.2 Å². The summed E-state index contributed by atoms with van der Waals surface area (Å²) >= 11 is 6.05. The molecule has 0 aliphatic rings. The van der Waals surface area contributed by atoms with E-state index in [9.17, 15) is 4.79 Å². The van der Waals surface area contributed by atoms with Crippen molar-refractivity contribution < 1.29 is 9.53 Å². The molecule has 0 aromatic carbocycles. The Labute approximate surface area is 88.5 Å². The van der Waals surface area contributed by atoms with Crippen molar-refractivity contribution in [1.29, 1.82) is 0 Å². The van der Waals surface area contributed by atoms with Gasteiger partial charge in [-0.15, -0.1) is 0 Å². The van der Waals surface area contributed by atoms with Crippen LogP contribution in [0.4, 0.5) is 0 Å². The molecule has 0 spiro atoms. The van der Waals surface area contributed by atoms with E-state index in [1.54, 1.807) is 0 Å². The van der Waals surface area contributed by atoms with Gasteiger partial charge in [0.2, 0.25) is 0 Å². The van der Waals surface area contributed by atoms with E-state index in [-0.39, 0.29) is 5.97 Å². The summed E-state index contributed by atoms with van der Waals surface area (Å²) in [6.45, 7) is 2.33. The monoisotopic (exact) mass is 302 g/mol. The number of hydrogen-bond acceptors (Lipinski definition) is 4. The van der Waals surface area contributed by atoms with E-state index in [1.807, 2.05) is 0 Å². The van der Waals surface area contributed by atoms with E-state index < -0.39 is 3.74 Å². The standard InChI is InChI=1S/C6H12Br2N2O2/c7-5(8)6(11)12-4-3-10-2-1-9/h5,10H,1-4,9H2. The van der Waals surface area contributed by atoms with Gasteiger partial charge in [0.1, 0.15) is 6.61 Å². The summed E-state index contributed by atoms with van der Waals surface area (Å²) in [5.74, 6) is -0.315. The lowest BCUT2D eigenvalue weighted by atomic mass is 10.6. The Morgan fingerprint density at radius 2 is 2.17 bits per heavy atom. The third-order valence-electron chi connectivity index (χ3n) is 1.02. The maximum absolute atomic E-state index is 10.8. The maximum Gasteiger partial charge on any atom is 0.330 e. The van der Waals surface area contributed by atoms with Crippen molar-refractivity contribution in [2.24, 2.45) is 5.73 Å². The first-order valence-electron chi connectivity index (χ1n) is 3.54. The second-order valence-corrected chi connectivity index (χ2v) is 5.07. The van der Waals surface area contributed by atoms with E-state index in [0.29, 0.717) is 19.7 Å². The highest BCUT2D eigenvalue weighted by Crippen LogP contribution is 2.08. The van der Waals surface area contributed by atoms with Crippen molar-refractivity contribution in [2.75, 3.05) is 26.2 Å². The van der Waals surface area contributed by atoms with Crippen molar-refractivity contribution >= 4 is 37.8 Å². The molecular formula is C6H12Br2N2O2. The van der Waals surface area contributed by atoms with Gasteiger partial charge in [-0.25, -0.2) is 4.79 Å². The first kappa shape index (κ1) is 12.3. The fourth-order valence-corrected chi connectivity index (χ4v) is 0.778. The third kappa shape index (κ3) is 7.02. The summed E-state index contributed by atoms with van der Waals surface area (Å²) in [6, 6.07) is 0. The number of esters is 1. The van der Waals surface area contributed by atoms with Crippen LogP contribution in [0.15, 0.2) is 0 Å². The first-order valence-corrected chi connectivity index (χ1v) is 5.37. The molecule has 0 aliphatic heterocycles. The van der Waals surface area contributed by atoms with E-state index >= 15 is 0 Å². The lowest BCUT2D eigenvalue weighted by Gasteiger charge is -2.05. The predicted molar refractivity (Wildman–Crippen MR) is 54.5 cm³/mol. The van der Waals surface area contributed by atoms with Crippen LogP contribution in [0.25, 0.3) is 0 Å². The summed E-state index contributed by atoms with van der Waals surface area (Å²) in [5, 5.41) is 3.00. The summed E-state index contributed by atoms with van der Waals surface area (Å²) in [5.41, 5.74) is 5.23. The second-order valence-electron chi connectivity index (χ2n) is 2.01. The smallest absolute Gasteiger partial charge is 0.330 e. The molecule has 72 valence electrons. The number of halogens is 2. The van der Waals surface area contributed by atoms with Crippen LogP contribution < -0.4 is 11.1 Å². The van der Waals surface area contributed by atoms with Crippen LogP contribution >= 0.6 is 31.9 Å². The van der Waals surface area contributed by atoms with Gasteiger partial charge in [-0.2, -0.15) is 0 Å². The average molecular weight is 304 g/mol. The first-order chi connectivity index (χ1) is 5.68. The highest BCUT2D eigenvalue weighted by atomic mass is 79.9. The number of hydrogen-bond donors (Lipinski definition) is 2. The molecule has 3 N–H and O–H groups in total. The van der Waals surface area contributed by atoms with Gasteiger partial charge >= 0.3 is 5.97 Å². The van der Waals surface area contributed by atoms with Crippen LogP contribution in [0.1, 0.15) is 0 Å². The van der Waals surface area contributed by atoms with E-state index in [1.165, 1.54) is 0 Å². The van der Waals surface area contributed by atoms with Gasteiger partial charge in [0.15, 0.2) is 3.74 Å². The molecular weight excluding hydrogens is 292 g/mol. The summed E-state index contributed by atoms with van der Waals surface area (Å²) < 4.78 is 4.40. The molecule has 0 saturated carbocycles. The Hall–Kier alpha value is 0.350. The van der Waals surface area contributed by atoms with Crippen molar-refractivity contribution in [3.63, 3.8) is 0 Å². The summed E-state index contributed by atoms with van der Waals surface area (Å²) in [7, 11) is 0. The molecule has 0 atom stereocenters. The number of nitrogens with two attached hydrogens (primary N) is 1. The van der Waals surface area contributed by atoms with Gasteiger partial charge in [-0.1, -0.05) is 31.9 Å². The lowest BCUT2D eigenvalue weighted by Crippen LogP contribution is -2.27. The zero-order valence-electron chi connectivity index (χ0n) is 6.56. The fraction of sp³-hybridized carbons (Fsp3) is 0.833. The molecule has 0 radical (unpaired) electrons. The number of carbonyl (C=O) groups excluding carboxylic acids is 1. The molecule has 0 amide bonds. The number of ether oxygens (including phenoxy) is 1.